The monoisotopic (exact) mass is 354 g/mol. The van der Waals surface area contributed by atoms with E-state index in [9.17, 15) is 14.1 Å². The quantitative estimate of drug-likeness (QED) is 0.656. The Kier molecular flexibility index (Phi) is 7.56. The molecule has 0 saturated heterocycles. The highest BCUT2D eigenvalue weighted by molar-refractivity contribution is 7.48. The Morgan fingerprint density at radius 3 is 1.75 bits per heavy atom. The van der Waals surface area contributed by atoms with Gasteiger partial charge in [0, 0.05) is 0 Å². The first-order chi connectivity index (χ1) is 11.6. The Balaban J connectivity index is 1.98. The van der Waals surface area contributed by atoms with Gasteiger partial charge in [0.2, 0.25) is 0 Å². The summed E-state index contributed by atoms with van der Waals surface area (Å²) in [5.74, 6) is 0. The van der Waals surface area contributed by atoms with E-state index in [4.69, 9.17) is 13.6 Å². The van der Waals surface area contributed by atoms with Crippen LogP contribution in [0.15, 0.2) is 60.7 Å². The highest BCUT2D eigenvalue weighted by Gasteiger charge is 2.28. The Bertz CT molecular complexity index is 590. The molecule has 0 saturated carbocycles. The van der Waals surface area contributed by atoms with Crippen molar-refractivity contribution in [2.45, 2.75) is 19.3 Å². The van der Waals surface area contributed by atoms with E-state index >= 15 is 0 Å². The number of benzene rings is 2. The van der Waals surface area contributed by atoms with Crippen LogP contribution in [0.3, 0.4) is 0 Å². The molecule has 24 heavy (non-hydrogen) atoms. The second-order valence-corrected chi connectivity index (χ2v) is 6.74. The normalized spacial score (nSPS) is 12.9. The lowest BCUT2D eigenvalue weighted by molar-refractivity contribution is 0.0436. The molecule has 0 aromatic heterocycles. The van der Waals surface area contributed by atoms with Crippen molar-refractivity contribution in [2.24, 2.45) is 0 Å². The molecule has 0 bridgehead atoms. The Labute approximate surface area is 140 Å². The van der Waals surface area contributed by atoms with Crippen molar-refractivity contribution in [3.8, 4) is 0 Å². The summed E-state index contributed by atoms with van der Waals surface area (Å²) >= 11 is 0. The summed E-state index contributed by atoms with van der Waals surface area (Å²) in [4.78, 5) is 0. The van der Waals surface area contributed by atoms with E-state index in [1.54, 1.807) is 24.3 Å². The SMILES string of the molecule is O=P(OCc1ccccc1)(OCc1ccccc1)OC[C@H](O)CF. The number of halogens is 1. The maximum absolute atomic E-state index is 12.7. The van der Waals surface area contributed by atoms with Crippen LogP contribution in [0, 0.1) is 0 Å². The van der Waals surface area contributed by atoms with Gasteiger partial charge in [0.05, 0.1) is 19.8 Å². The van der Waals surface area contributed by atoms with Crippen LogP contribution in [0.2, 0.25) is 0 Å². The van der Waals surface area contributed by atoms with Gasteiger partial charge in [0.25, 0.3) is 0 Å². The van der Waals surface area contributed by atoms with Gasteiger partial charge in [-0.1, -0.05) is 60.7 Å². The molecular formula is C17H20FO5P. The molecule has 2 aromatic rings. The summed E-state index contributed by atoms with van der Waals surface area (Å²) in [5.41, 5.74) is 1.58. The van der Waals surface area contributed by atoms with Gasteiger partial charge in [0.15, 0.2) is 0 Å². The van der Waals surface area contributed by atoms with Gasteiger partial charge in [-0.15, -0.1) is 0 Å². The Morgan fingerprint density at radius 2 is 1.33 bits per heavy atom. The van der Waals surface area contributed by atoms with Crippen LogP contribution in [0.4, 0.5) is 4.39 Å². The van der Waals surface area contributed by atoms with E-state index in [0.29, 0.717) is 0 Å². The fraction of sp³-hybridized carbons (Fsp3) is 0.294. The molecule has 0 aliphatic carbocycles. The second-order valence-electron chi connectivity index (χ2n) is 5.07. The molecule has 130 valence electrons. The molecule has 1 N–H and O–H groups in total. The molecule has 0 spiro atoms. The summed E-state index contributed by atoms with van der Waals surface area (Å²) in [6.45, 7) is -1.45. The maximum Gasteiger partial charge on any atom is 0.475 e. The molecule has 1 atom stereocenters. The maximum atomic E-state index is 12.7. The number of phosphoric acid groups is 1. The fourth-order valence-electron chi connectivity index (χ4n) is 1.79. The third-order valence-corrected chi connectivity index (χ3v) is 4.42. The average molecular weight is 354 g/mol. The van der Waals surface area contributed by atoms with Gasteiger partial charge < -0.3 is 5.11 Å². The lowest BCUT2D eigenvalue weighted by Crippen LogP contribution is -2.17. The van der Waals surface area contributed by atoms with Crippen LogP contribution in [0.1, 0.15) is 11.1 Å². The summed E-state index contributed by atoms with van der Waals surface area (Å²) in [6.07, 6.45) is -1.38. The fourth-order valence-corrected chi connectivity index (χ4v) is 2.98. The molecule has 2 rings (SSSR count). The minimum absolute atomic E-state index is 0.0125. The first-order valence-corrected chi connectivity index (χ1v) is 8.93. The lowest BCUT2D eigenvalue weighted by atomic mass is 10.2. The Hall–Kier alpha value is -1.56. The van der Waals surface area contributed by atoms with Gasteiger partial charge in [-0.2, -0.15) is 0 Å². The first kappa shape index (κ1) is 18.8. The molecule has 0 aliphatic rings. The van der Waals surface area contributed by atoms with E-state index in [-0.39, 0.29) is 13.2 Å². The molecule has 2 aromatic carbocycles. The molecule has 0 unspecified atom stereocenters. The van der Waals surface area contributed by atoms with Crippen molar-refractivity contribution >= 4 is 7.82 Å². The number of hydrogen-bond acceptors (Lipinski definition) is 5. The van der Waals surface area contributed by atoms with Gasteiger partial charge >= 0.3 is 7.82 Å². The molecule has 0 radical (unpaired) electrons. The van der Waals surface area contributed by atoms with Gasteiger partial charge in [0.1, 0.15) is 12.8 Å². The van der Waals surface area contributed by atoms with Gasteiger partial charge in [-0.25, -0.2) is 8.96 Å². The van der Waals surface area contributed by atoms with Crippen LogP contribution < -0.4 is 0 Å². The molecule has 5 nitrogen and oxygen atoms in total. The van der Waals surface area contributed by atoms with Crippen molar-refractivity contribution in [1.29, 1.82) is 0 Å². The number of phosphoric ester groups is 1. The zero-order valence-electron chi connectivity index (χ0n) is 13.1. The number of aliphatic hydroxyl groups is 1. The zero-order chi connectivity index (χ0) is 17.3. The first-order valence-electron chi connectivity index (χ1n) is 7.47. The van der Waals surface area contributed by atoms with Crippen LogP contribution in [-0.2, 0) is 31.4 Å². The molecule has 0 fully saturated rings. The van der Waals surface area contributed by atoms with Crippen LogP contribution in [-0.4, -0.2) is 24.5 Å². The lowest BCUT2D eigenvalue weighted by Gasteiger charge is -2.19. The van der Waals surface area contributed by atoms with Crippen LogP contribution >= 0.6 is 7.82 Å². The largest absolute Gasteiger partial charge is 0.475 e. The van der Waals surface area contributed by atoms with Crippen LogP contribution in [0.25, 0.3) is 0 Å². The third-order valence-electron chi connectivity index (χ3n) is 3.07. The predicted octanol–water partition coefficient (Wildman–Crippen LogP) is 3.88. The molecule has 0 amide bonds. The smallest absolute Gasteiger partial charge is 0.388 e. The average Bonchev–Trinajstić information content (AvgIpc) is 2.65. The number of hydrogen-bond donors (Lipinski definition) is 1. The molecular weight excluding hydrogens is 334 g/mol. The standard InChI is InChI=1S/C17H20FO5P/c18-11-17(19)14-23-24(20,21-12-15-7-3-1-4-8-15)22-13-16-9-5-2-6-10-16/h1-10,17,19H,11-14H2/t17-/m1/s1. The third kappa shape index (κ3) is 6.51. The van der Waals surface area contributed by atoms with Crippen molar-refractivity contribution in [3.63, 3.8) is 0 Å². The summed E-state index contributed by atoms with van der Waals surface area (Å²) in [5, 5.41) is 9.26. The highest BCUT2D eigenvalue weighted by Crippen LogP contribution is 2.51. The van der Waals surface area contributed by atoms with Crippen molar-refractivity contribution in [3.05, 3.63) is 71.8 Å². The number of rotatable bonds is 10. The predicted molar refractivity (Wildman–Crippen MR) is 88.0 cm³/mol. The molecule has 7 heteroatoms. The molecule has 0 aliphatic heterocycles. The Morgan fingerprint density at radius 1 is 0.875 bits per heavy atom. The minimum Gasteiger partial charge on any atom is -0.388 e. The molecule has 0 heterocycles. The minimum atomic E-state index is -3.94. The van der Waals surface area contributed by atoms with Gasteiger partial charge in [-0.05, 0) is 11.1 Å². The number of aliphatic hydroxyl groups excluding tert-OH is 1. The van der Waals surface area contributed by atoms with E-state index in [0.717, 1.165) is 11.1 Å². The summed E-state index contributed by atoms with van der Waals surface area (Å²) < 4.78 is 40.7. The topological polar surface area (TPSA) is 65.0 Å². The van der Waals surface area contributed by atoms with Crippen LogP contribution in [0.5, 0.6) is 0 Å². The van der Waals surface area contributed by atoms with Crippen molar-refractivity contribution < 1.29 is 27.6 Å². The summed E-state index contributed by atoms with van der Waals surface area (Å²) in [6, 6.07) is 18.2. The van der Waals surface area contributed by atoms with E-state index < -0.39 is 27.2 Å². The van der Waals surface area contributed by atoms with Crippen molar-refractivity contribution in [1.82, 2.24) is 0 Å². The van der Waals surface area contributed by atoms with Gasteiger partial charge in [-0.3, -0.25) is 13.6 Å². The van der Waals surface area contributed by atoms with E-state index in [1.165, 1.54) is 0 Å². The highest BCUT2D eigenvalue weighted by atomic mass is 31.2. The van der Waals surface area contributed by atoms with E-state index in [1.807, 2.05) is 36.4 Å². The summed E-state index contributed by atoms with van der Waals surface area (Å²) in [7, 11) is -3.94. The van der Waals surface area contributed by atoms with Crippen molar-refractivity contribution in [2.75, 3.05) is 13.3 Å². The zero-order valence-corrected chi connectivity index (χ0v) is 14.0. The van der Waals surface area contributed by atoms with E-state index in [2.05, 4.69) is 0 Å². The second kappa shape index (κ2) is 9.67. The number of alkyl halides is 1.